The second-order valence-corrected chi connectivity index (χ2v) is 5.47. The van der Waals surface area contributed by atoms with E-state index in [0.29, 0.717) is 19.4 Å². The number of esters is 1. The first-order valence-corrected chi connectivity index (χ1v) is 6.94. The molecule has 1 N–H and O–H groups in total. The molecule has 0 saturated heterocycles. The van der Waals surface area contributed by atoms with E-state index in [4.69, 9.17) is 18.0 Å². The first-order valence-electron chi connectivity index (χ1n) is 5.27. The van der Waals surface area contributed by atoms with Gasteiger partial charge in [0, 0.05) is 26.4 Å². The van der Waals surface area contributed by atoms with Crippen LogP contribution in [0.25, 0.3) is 0 Å². The van der Waals surface area contributed by atoms with Crippen LogP contribution in [0, 0.1) is 0 Å². The summed E-state index contributed by atoms with van der Waals surface area (Å²) in [5.41, 5.74) is 0. The van der Waals surface area contributed by atoms with Crippen LogP contribution >= 0.6 is 0 Å². The quantitative estimate of drug-likeness (QED) is 0.285. The monoisotopic (exact) mass is 264 g/mol. The predicted octanol–water partition coefficient (Wildman–Crippen LogP) is 0.622. The summed E-state index contributed by atoms with van der Waals surface area (Å²) in [6.07, 6.45) is 2.11. The van der Waals surface area contributed by atoms with Crippen molar-refractivity contribution in [3.63, 3.8) is 0 Å². The lowest BCUT2D eigenvalue weighted by Gasteiger charge is -2.23. The summed E-state index contributed by atoms with van der Waals surface area (Å²) in [5.74, 6) is -0.446. The van der Waals surface area contributed by atoms with E-state index in [1.807, 2.05) is 0 Å². The molecule has 0 saturated carbocycles. The maximum Gasteiger partial charge on any atom is 0.676 e. The van der Waals surface area contributed by atoms with E-state index in [0.717, 1.165) is 6.08 Å². The molecule has 0 radical (unpaired) electrons. The van der Waals surface area contributed by atoms with Crippen molar-refractivity contribution >= 4 is 15.0 Å². The predicted molar refractivity (Wildman–Crippen MR) is 62.9 cm³/mol. The van der Waals surface area contributed by atoms with E-state index < -0.39 is 15.0 Å². The molecule has 1 unspecified atom stereocenters. The van der Waals surface area contributed by atoms with E-state index in [1.165, 1.54) is 14.2 Å². The van der Waals surface area contributed by atoms with E-state index in [9.17, 15) is 9.59 Å². The molecule has 17 heavy (non-hydrogen) atoms. The Morgan fingerprint density at radius 2 is 2.06 bits per heavy atom. The molecule has 0 aromatic rings. The molecule has 0 aliphatic rings. The number of rotatable bonds is 9. The number of hydrogen-bond donors (Lipinski definition) is 1. The molecule has 0 aromatic carbocycles. The van der Waals surface area contributed by atoms with Crippen LogP contribution in [0.15, 0.2) is 12.7 Å². The highest BCUT2D eigenvalue weighted by Gasteiger charge is 2.40. The summed E-state index contributed by atoms with van der Waals surface area (Å²) in [6, 6.07) is 0. The zero-order chi connectivity index (χ0) is 13.3. The average Bonchev–Trinajstić information content (AvgIpc) is 2.34. The largest absolute Gasteiger partial charge is 0.676 e. The standard InChI is InChI=1S/C10H20O6Si/c1-5-10(11)15-8-6-7-9(2)16-17(12,13-3)14-4/h5,9,12H,1,6-8H2,2-4H3. The van der Waals surface area contributed by atoms with Crippen LogP contribution in [0.4, 0.5) is 0 Å². The third-order valence-corrected chi connectivity index (χ3v) is 3.76. The molecule has 0 bridgehead atoms. The average molecular weight is 264 g/mol. The molecule has 0 aliphatic carbocycles. The van der Waals surface area contributed by atoms with E-state index >= 15 is 0 Å². The molecular formula is C10H20O6Si. The molecule has 100 valence electrons. The summed E-state index contributed by atoms with van der Waals surface area (Å²) in [6.45, 7) is 5.36. The van der Waals surface area contributed by atoms with Crippen LogP contribution < -0.4 is 0 Å². The highest BCUT2D eigenvalue weighted by atomic mass is 28.4. The van der Waals surface area contributed by atoms with Gasteiger partial charge in [0.15, 0.2) is 0 Å². The van der Waals surface area contributed by atoms with E-state index in [-0.39, 0.29) is 6.10 Å². The second-order valence-electron chi connectivity index (χ2n) is 3.37. The van der Waals surface area contributed by atoms with Gasteiger partial charge in [-0.15, -0.1) is 0 Å². The van der Waals surface area contributed by atoms with E-state index in [2.05, 4.69) is 6.58 Å². The minimum absolute atomic E-state index is 0.242. The fraction of sp³-hybridized carbons (Fsp3) is 0.700. The zero-order valence-electron chi connectivity index (χ0n) is 10.5. The third-order valence-electron chi connectivity index (χ3n) is 2.03. The lowest BCUT2D eigenvalue weighted by molar-refractivity contribution is -0.138. The number of hydrogen-bond acceptors (Lipinski definition) is 6. The molecule has 0 rings (SSSR count). The Labute approximate surface area is 103 Å². The fourth-order valence-electron chi connectivity index (χ4n) is 1.10. The molecular weight excluding hydrogens is 244 g/mol. The SMILES string of the molecule is C=CC(=O)OCCCC(C)O[Si](O)(OC)OC. The second kappa shape index (κ2) is 8.37. The van der Waals surface area contributed by atoms with Crippen LogP contribution in [0.1, 0.15) is 19.8 Å². The molecule has 0 aromatic heterocycles. The normalized spacial score (nSPS) is 13.2. The van der Waals surface area contributed by atoms with Crippen molar-refractivity contribution in [2.75, 3.05) is 20.8 Å². The van der Waals surface area contributed by atoms with Crippen molar-refractivity contribution in [1.82, 2.24) is 0 Å². The van der Waals surface area contributed by atoms with Gasteiger partial charge in [0.1, 0.15) is 0 Å². The molecule has 0 fully saturated rings. The maximum absolute atomic E-state index is 10.7. The Morgan fingerprint density at radius 1 is 1.47 bits per heavy atom. The van der Waals surface area contributed by atoms with Crippen molar-refractivity contribution in [2.45, 2.75) is 25.9 Å². The summed E-state index contributed by atoms with van der Waals surface area (Å²) < 4.78 is 19.6. The third kappa shape index (κ3) is 7.24. The van der Waals surface area contributed by atoms with Crippen molar-refractivity contribution in [2.24, 2.45) is 0 Å². The van der Waals surface area contributed by atoms with Crippen molar-refractivity contribution in [1.29, 1.82) is 0 Å². The molecule has 6 nitrogen and oxygen atoms in total. The molecule has 1 atom stereocenters. The summed E-state index contributed by atoms with van der Waals surface area (Å²) in [4.78, 5) is 20.4. The molecule has 7 heteroatoms. The molecule has 0 aliphatic heterocycles. The highest BCUT2D eigenvalue weighted by molar-refractivity contribution is 6.51. The van der Waals surface area contributed by atoms with Crippen molar-refractivity contribution < 1.29 is 27.6 Å². The summed E-state index contributed by atoms with van der Waals surface area (Å²) in [7, 11) is -0.818. The van der Waals surface area contributed by atoms with Crippen molar-refractivity contribution in [3.8, 4) is 0 Å². The molecule has 0 amide bonds. The van der Waals surface area contributed by atoms with Gasteiger partial charge in [-0.3, -0.25) is 0 Å². The first kappa shape index (κ1) is 16.3. The van der Waals surface area contributed by atoms with Crippen molar-refractivity contribution in [3.05, 3.63) is 12.7 Å². The molecule has 0 spiro atoms. The highest BCUT2D eigenvalue weighted by Crippen LogP contribution is 2.10. The van der Waals surface area contributed by atoms with Gasteiger partial charge in [0.05, 0.1) is 6.61 Å². The van der Waals surface area contributed by atoms with Gasteiger partial charge in [-0.25, -0.2) is 4.79 Å². The van der Waals surface area contributed by atoms with E-state index in [1.54, 1.807) is 6.92 Å². The lowest BCUT2D eigenvalue weighted by Crippen LogP contribution is -2.46. The van der Waals surface area contributed by atoms with Gasteiger partial charge in [0.2, 0.25) is 0 Å². The lowest BCUT2D eigenvalue weighted by atomic mass is 10.2. The summed E-state index contributed by atoms with van der Waals surface area (Å²) >= 11 is 0. The Balaban J connectivity index is 3.76. The fourth-order valence-corrected chi connectivity index (χ4v) is 2.08. The minimum Gasteiger partial charge on any atom is -0.463 e. The Kier molecular flexibility index (Phi) is 8.01. The van der Waals surface area contributed by atoms with Gasteiger partial charge >= 0.3 is 15.0 Å². The number of ether oxygens (including phenoxy) is 1. The Morgan fingerprint density at radius 3 is 2.53 bits per heavy atom. The summed E-state index contributed by atoms with van der Waals surface area (Å²) in [5, 5.41) is 0. The van der Waals surface area contributed by atoms with Gasteiger partial charge in [0.25, 0.3) is 0 Å². The smallest absolute Gasteiger partial charge is 0.463 e. The number of carbonyl (C=O) groups excluding carboxylic acids is 1. The first-order chi connectivity index (χ1) is 7.97. The van der Waals surface area contributed by atoms with Gasteiger partial charge in [-0.1, -0.05) is 6.58 Å². The Hall–Kier alpha value is -0.733. The Bertz CT molecular complexity index is 241. The van der Waals surface area contributed by atoms with Gasteiger partial charge < -0.3 is 22.8 Å². The van der Waals surface area contributed by atoms with Crippen LogP contribution in [0.5, 0.6) is 0 Å². The van der Waals surface area contributed by atoms with Crippen LogP contribution in [-0.4, -0.2) is 46.7 Å². The van der Waals surface area contributed by atoms with Crippen LogP contribution in [0.3, 0.4) is 0 Å². The zero-order valence-corrected chi connectivity index (χ0v) is 11.5. The molecule has 0 heterocycles. The minimum atomic E-state index is -3.47. The number of carbonyl (C=O) groups is 1. The maximum atomic E-state index is 10.7. The van der Waals surface area contributed by atoms with Gasteiger partial charge in [-0.05, 0) is 19.8 Å². The van der Waals surface area contributed by atoms with Gasteiger partial charge in [-0.2, -0.15) is 0 Å². The topological polar surface area (TPSA) is 74.2 Å². The van der Waals surface area contributed by atoms with Crippen LogP contribution in [-0.2, 0) is 22.8 Å². The van der Waals surface area contributed by atoms with Crippen LogP contribution in [0.2, 0.25) is 0 Å².